The first kappa shape index (κ1) is 21.6. The lowest BCUT2D eigenvalue weighted by Crippen LogP contribution is -2.30. The van der Waals surface area contributed by atoms with Crippen molar-refractivity contribution in [3.05, 3.63) is 99.3 Å². The highest BCUT2D eigenvalue weighted by molar-refractivity contribution is 14.1. The Bertz CT molecular complexity index is 1030. The summed E-state index contributed by atoms with van der Waals surface area (Å²) in [7, 11) is 0. The van der Waals surface area contributed by atoms with E-state index in [0.717, 1.165) is 14.9 Å². The van der Waals surface area contributed by atoms with Gasteiger partial charge in [0.2, 0.25) is 0 Å². The van der Waals surface area contributed by atoms with E-state index in [1.165, 1.54) is 0 Å². The number of carbonyl (C=O) groups is 2. The highest BCUT2D eigenvalue weighted by atomic mass is 127. The van der Waals surface area contributed by atoms with Crippen molar-refractivity contribution < 1.29 is 14.3 Å². The standard InChI is InChI=1S/C24H21IN2O3/c1-2-30-21-14-8-17(9-15-21)16-22(27-23(28)18-6-4-3-5-7-18)24(29)26-20-12-10-19(25)11-13-20/h3-16H,2H2,1H3,(H,26,29)(H,27,28)/b22-16+. The maximum absolute atomic E-state index is 12.9. The lowest BCUT2D eigenvalue weighted by atomic mass is 10.1. The van der Waals surface area contributed by atoms with E-state index in [4.69, 9.17) is 4.74 Å². The number of benzene rings is 3. The van der Waals surface area contributed by atoms with Crippen molar-refractivity contribution in [2.75, 3.05) is 11.9 Å². The highest BCUT2D eigenvalue weighted by Gasteiger charge is 2.15. The molecule has 152 valence electrons. The predicted octanol–water partition coefficient (Wildman–Crippen LogP) is 5.10. The topological polar surface area (TPSA) is 67.4 Å². The van der Waals surface area contributed by atoms with Gasteiger partial charge < -0.3 is 15.4 Å². The largest absolute Gasteiger partial charge is 0.494 e. The van der Waals surface area contributed by atoms with Crippen LogP contribution in [0.25, 0.3) is 6.08 Å². The summed E-state index contributed by atoms with van der Waals surface area (Å²) < 4.78 is 6.52. The fraction of sp³-hybridized carbons (Fsp3) is 0.0833. The molecule has 2 amide bonds. The molecule has 0 aliphatic heterocycles. The van der Waals surface area contributed by atoms with Gasteiger partial charge in [-0.2, -0.15) is 0 Å². The molecule has 0 aliphatic carbocycles. The summed E-state index contributed by atoms with van der Waals surface area (Å²) in [5.41, 5.74) is 2.02. The van der Waals surface area contributed by atoms with Crippen molar-refractivity contribution in [2.45, 2.75) is 6.92 Å². The zero-order chi connectivity index (χ0) is 21.3. The lowest BCUT2D eigenvalue weighted by Gasteiger charge is -2.12. The van der Waals surface area contributed by atoms with Gasteiger partial charge in [-0.3, -0.25) is 9.59 Å². The van der Waals surface area contributed by atoms with E-state index in [-0.39, 0.29) is 11.6 Å². The van der Waals surface area contributed by atoms with Gasteiger partial charge >= 0.3 is 0 Å². The summed E-state index contributed by atoms with van der Waals surface area (Å²) in [5, 5.41) is 5.56. The van der Waals surface area contributed by atoms with Crippen LogP contribution in [0.3, 0.4) is 0 Å². The van der Waals surface area contributed by atoms with Gasteiger partial charge in [0.25, 0.3) is 11.8 Å². The summed E-state index contributed by atoms with van der Waals surface area (Å²) in [4.78, 5) is 25.6. The molecule has 0 heterocycles. The fourth-order valence-electron chi connectivity index (χ4n) is 2.67. The van der Waals surface area contributed by atoms with Crippen LogP contribution in [0, 0.1) is 3.57 Å². The number of hydrogen-bond donors (Lipinski definition) is 2. The third-order valence-corrected chi connectivity index (χ3v) is 4.85. The minimum absolute atomic E-state index is 0.145. The quantitative estimate of drug-likeness (QED) is 0.342. The molecule has 2 N–H and O–H groups in total. The first-order valence-electron chi connectivity index (χ1n) is 9.43. The van der Waals surface area contributed by atoms with E-state index >= 15 is 0 Å². The summed E-state index contributed by atoms with van der Waals surface area (Å²) in [6.07, 6.45) is 1.64. The predicted molar refractivity (Wildman–Crippen MR) is 127 cm³/mol. The van der Waals surface area contributed by atoms with Gasteiger partial charge in [0.05, 0.1) is 6.61 Å². The van der Waals surface area contributed by atoms with Gasteiger partial charge in [0, 0.05) is 14.8 Å². The van der Waals surface area contributed by atoms with Crippen LogP contribution in [0.5, 0.6) is 5.75 Å². The second-order valence-electron chi connectivity index (χ2n) is 6.34. The first-order chi connectivity index (χ1) is 14.5. The minimum atomic E-state index is -0.408. The smallest absolute Gasteiger partial charge is 0.272 e. The Labute approximate surface area is 189 Å². The van der Waals surface area contributed by atoms with Gasteiger partial charge in [-0.15, -0.1) is 0 Å². The second kappa shape index (κ2) is 10.6. The zero-order valence-corrected chi connectivity index (χ0v) is 18.6. The maximum Gasteiger partial charge on any atom is 0.272 e. The molecule has 0 saturated heterocycles. The first-order valence-corrected chi connectivity index (χ1v) is 10.5. The van der Waals surface area contributed by atoms with E-state index in [0.29, 0.717) is 17.9 Å². The van der Waals surface area contributed by atoms with Crippen molar-refractivity contribution in [1.29, 1.82) is 0 Å². The molecule has 0 saturated carbocycles. The summed E-state index contributed by atoms with van der Waals surface area (Å²) in [6.45, 7) is 2.49. The third-order valence-electron chi connectivity index (χ3n) is 4.13. The Balaban J connectivity index is 1.85. The molecule has 0 bridgehead atoms. The van der Waals surface area contributed by atoms with Crippen LogP contribution in [0.1, 0.15) is 22.8 Å². The summed E-state index contributed by atoms with van der Waals surface area (Å²) >= 11 is 2.20. The molecule has 0 aliphatic rings. The minimum Gasteiger partial charge on any atom is -0.494 e. The van der Waals surface area contributed by atoms with E-state index in [1.807, 2.05) is 61.5 Å². The van der Waals surface area contributed by atoms with Crippen molar-refractivity contribution in [2.24, 2.45) is 0 Å². The molecule has 3 aromatic carbocycles. The van der Waals surface area contributed by atoms with Crippen LogP contribution in [-0.4, -0.2) is 18.4 Å². The van der Waals surface area contributed by atoms with Gasteiger partial charge in [-0.1, -0.05) is 30.3 Å². The Morgan fingerprint density at radius 1 is 0.933 bits per heavy atom. The average molecular weight is 512 g/mol. The monoisotopic (exact) mass is 512 g/mol. The molecule has 0 aromatic heterocycles. The third kappa shape index (κ3) is 6.18. The lowest BCUT2D eigenvalue weighted by molar-refractivity contribution is -0.113. The molecule has 3 aromatic rings. The summed E-state index contributed by atoms with van der Waals surface area (Å²) in [6, 6.07) is 23.5. The normalized spacial score (nSPS) is 10.9. The fourth-order valence-corrected chi connectivity index (χ4v) is 3.03. The molecule has 3 rings (SSSR count). The van der Waals surface area contributed by atoms with E-state index in [2.05, 4.69) is 33.2 Å². The second-order valence-corrected chi connectivity index (χ2v) is 7.59. The molecule has 0 radical (unpaired) electrons. The number of ether oxygens (including phenoxy) is 1. The van der Waals surface area contributed by atoms with E-state index in [9.17, 15) is 9.59 Å². The van der Waals surface area contributed by atoms with Gasteiger partial charge in [0.1, 0.15) is 11.4 Å². The molecule has 0 atom stereocenters. The maximum atomic E-state index is 12.9. The number of hydrogen-bond acceptors (Lipinski definition) is 3. The Hall–Kier alpha value is -3.13. The number of anilines is 1. The Morgan fingerprint density at radius 3 is 2.23 bits per heavy atom. The van der Waals surface area contributed by atoms with Crippen LogP contribution in [0.4, 0.5) is 5.69 Å². The molecule has 6 heteroatoms. The molecule has 5 nitrogen and oxygen atoms in total. The molecule has 0 unspecified atom stereocenters. The Morgan fingerprint density at radius 2 is 1.60 bits per heavy atom. The summed E-state index contributed by atoms with van der Waals surface area (Å²) in [5.74, 6) is -0.0206. The van der Waals surface area contributed by atoms with Gasteiger partial charge in [-0.05, 0) is 89.7 Å². The molecule has 0 fully saturated rings. The molecule has 0 spiro atoms. The van der Waals surface area contributed by atoms with Crippen molar-refractivity contribution in [3.8, 4) is 5.75 Å². The van der Waals surface area contributed by atoms with Crippen LogP contribution in [-0.2, 0) is 4.79 Å². The number of amides is 2. The van der Waals surface area contributed by atoms with Gasteiger partial charge in [-0.25, -0.2) is 0 Å². The van der Waals surface area contributed by atoms with Crippen LogP contribution in [0.15, 0.2) is 84.6 Å². The SMILES string of the molecule is CCOc1ccc(/C=C(/NC(=O)c2ccccc2)C(=O)Nc2ccc(I)cc2)cc1. The van der Waals surface area contributed by atoms with Crippen molar-refractivity contribution in [3.63, 3.8) is 0 Å². The van der Waals surface area contributed by atoms with Crippen molar-refractivity contribution >= 4 is 46.2 Å². The Kier molecular flexibility index (Phi) is 7.62. The van der Waals surface area contributed by atoms with Crippen LogP contribution >= 0.6 is 22.6 Å². The van der Waals surface area contributed by atoms with Crippen molar-refractivity contribution in [1.82, 2.24) is 5.32 Å². The highest BCUT2D eigenvalue weighted by Crippen LogP contribution is 2.16. The number of rotatable bonds is 7. The average Bonchev–Trinajstić information content (AvgIpc) is 2.77. The van der Waals surface area contributed by atoms with Gasteiger partial charge in [0.15, 0.2) is 0 Å². The molecule has 30 heavy (non-hydrogen) atoms. The van der Waals surface area contributed by atoms with E-state index in [1.54, 1.807) is 30.3 Å². The number of carbonyl (C=O) groups excluding carboxylic acids is 2. The molecular weight excluding hydrogens is 491 g/mol. The van der Waals surface area contributed by atoms with Crippen LogP contribution < -0.4 is 15.4 Å². The number of nitrogens with one attached hydrogen (secondary N) is 2. The number of halogens is 1. The molecular formula is C24H21IN2O3. The zero-order valence-electron chi connectivity index (χ0n) is 16.4. The van der Waals surface area contributed by atoms with Crippen LogP contribution in [0.2, 0.25) is 0 Å². The van der Waals surface area contributed by atoms with E-state index < -0.39 is 5.91 Å².